The standard InChI is InChI=1S/C17H27ClN4O.HI/c1-12(13-6-8-14(18)9-7-13)22-16(19-5)21-11-10-20-15(23)17(2,3)4;/h6-9,12H,10-11H2,1-5H3,(H,20,23)(H2,19,21,22);1H. The van der Waals surface area contributed by atoms with Crippen molar-refractivity contribution in [2.24, 2.45) is 10.4 Å². The van der Waals surface area contributed by atoms with Crippen LogP contribution < -0.4 is 16.0 Å². The van der Waals surface area contributed by atoms with E-state index in [9.17, 15) is 4.79 Å². The van der Waals surface area contributed by atoms with E-state index in [1.165, 1.54) is 0 Å². The van der Waals surface area contributed by atoms with Crippen LogP contribution in [-0.2, 0) is 4.79 Å². The first kappa shape index (κ1) is 23.0. The van der Waals surface area contributed by atoms with Gasteiger partial charge in [-0.2, -0.15) is 0 Å². The first-order chi connectivity index (χ1) is 10.7. The second kappa shape index (κ2) is 10.8. The lowest BCUT2D eigenvalue weighted by atomic mass is 9.96. The number of rotatable bonds is 5. The molecule has 136 valence electrons. The van der Waals surface area contributed by atoms with Crippen molar-refractivity contribution in [2.75, 3.05) is 20.1 Å². The molecule has 1 aromatic rings. The van der Waals surface area contributed by atoms with E-state index < -0.39 is 0 Å². The Labute approximate surface area is 167 Å². The summed E-state index contributed by atoms with van der Waals surface area (Å²) >= 11 is 5.90. The van der Waals surface area contributed by atoms with Gasteiger partial charge >= 0.3 is 0 Å². The van der Waals surface area contributed by atoms with Crippen molar-refractivity contribution >= 4 is 47.4 Å². The summed E-state index contributed by atoms with van der Waals surface area (Å²) in [5, 5.41) is 10.1. The molecule has 5 nitrogen and oxygen atoms in total. The van der Waals surface area contributed by atoms with Crippen LogP contribution in [0.5, 0.6) is 0 Å². The first-order valence-corrected chi connectivity index (χ1v) is 8.13. The minimum Gasteiger partial charge on any atom is -0.355 e. The molecule has 0 bridgehead atoms. The molecule has 3 N–H and O–H groups in total. The molecular formula is C17H28ClIN4O. The van der Waals surface area contributed by atoms with Gasteiger partial charge in [0, 0.05) is 30.6 Å². The van der Waals surface area contributed by atoms with Crippen molar-refractivity contribution in [3.63, 3.8) is 0 Å². The van der Waals surface area contributed by atoms with Crippen LogP contribution in [0.15, 0.2) is 29.3 Å². The Morgan fingerprint density at radius 1 is 1.17 bits per heavy atom. The van der Waals surface area contributed by atoms with Crippen LogP contribution in [-0.4, -0.2) is 32.0 Å². The van der Waals surface area contributed by atoms with Gasteiger partial charge in [-0.3, -0.25) is 9.79 Å². The Morgan fingerprint density at radius 3 is 2.21 bits per heavy atom. The van der Waals surface area contributed by atoms with Crippen molar-refractivity contribution in [1.82, 2.24) is 16.0 Å². The maximum absolute atomic E-state index is 11.8. The lowest BCUT2D eigenvalue weighted by Crippen LogP contribution is -2.44. The van der Waals surface area contributed by atoms with Gasteiger partial charge in [0.15, 0.2) is 5.96 Å². The van der Waals surface area contributed by atoms with Crippen LogP contribution in [0.25, 0.3) is 0 Å². The van der Waals surface area contributed by atoms with Gasteiger partial charge in [0.1, 0.15) is 0 Å². The number of nitrogens with one attached hydrogen (secondary N) is 3. The summed E-state index contributed by atoms with van der Waals surface area (Å²) in [4.78, 5) is 16.0. The topological polar surface area (TPSA) is 65.5 Å². The number of hydrogen-bond donors (Lipinski definition) is 3. The molecule has 0 heterocycles. The molecule has 1 aromatic carbocycles. The van der Waals surface area contributed by atoms with E-state index in [1.54, 1.807) is 7.05 Å². The number of aliphatic imine (C=N–C) groups is 1. The molecule has 1 rings (SSSR count). The molecule has 0 spiro atoms. The highest BCUT2D eigenvalue weighted by atomic mass is 127. The fraction of sp³-hybridized carbons (Fsp3) is 0.529. The van der Waals surface area contributed by atoms with Gasteiger partial charge in [0.05, 0.1) is 6.04 Å². The third-order valence-electron chi connectivity index (χ3n) is 3.33. The summed E-state index contributed by atoms with van der Waals surface area (Å²) in [7, 11) is 1.72. The summed E-state index contributed by atoms with van der Waals surface area (Å²) in [6, 6.07) is 7.80. The number of carbonyl (C=O) groups is 1. The Morgan fingerprint density at radius 2 is 1.71 bits per heavy atom. The van der Waals surface area contributed by atoms with Gasteiger partial charge in [0.25, 0.3) is 0 Å². The molecule has 1 atom stereocenters. The Hall–Kier alpha value is -1.02. The van der Waals surface area contributed by atoms with E-state index in [1.807, 2.05) is 45.0 Å². The van der Waals surface area contributed by atoms with Crippen molar-refractivity contribution in [3.8, 4) is 0 Å². The van der Waals surface area contributed by atoms with Crippen LogP contribution >= 0.6 is 35.6 Å². The SMILES string of the molecule is CN=C(NCCNC(=O)C(C)(C)C)NC(C)c1ccc(Cl)cc1.I. The monoisotopic (exact) mass is 466 g/mol. The molecule has 0 fully saturated rings. The van der Waals surface area contributed by atoms with E-state index in [-0.39, 0.29) is 41.3 Å². The van der Waals surface area contributed by atoms with Gasteiger partial charge in [-0.1, -0.05) is 44.5 Å². The highest BCUT2D eigenvalue weighted by molar-refractivity contribution is 14.0. The molecule has 1 amide bonds. The highest BCUT2D eigenvalue weighted by Crippen LogP contribution is 2.15. The summed E-state index contributed by atoms with van der Waals surface area (Å²) in [5.74, 6) is 0.731. The van der Waals surface area contributed by atoms with Gasteiger partial charge in [0.2, 0.25) is 5.91 Å². The number of amides is 1. The van der Waals surface area contributed by atoms with Crippen LogP contribution in [0.1, 0.15) is 39.3 Å². The molecule has 0 saturated heterocycles. The van der Waals surface area contributed by atoms with Crippen LogP contribution in [0.3, 0.4) is 0 Å². The zero-order valence-electron chi connectivity index (χ0n) is 14.9. The van der Waals surface area contributed by atoms with Gasteiger partial charge in [-0.05, 0) is 24.6 Å². The number of benzene rings is 1. The van der Waals surface area contributed by atoms with Crippen molar-refractivity contribution in [2.45, 2.75) is 33.7 Å². The van der Waals surface area contributed by atoms with E-state index in [2.05, 4.69) is 27.9 Å². The van der Waals surface area contributed by atoms with Crippen molar-refractivity contribution in [1.29, 1.82) is 0 Å². The fourth-order valence-corrected chi connectivity index (χ4v) is 1.98. The third kappa shape index (κ3) is 8.19. The summed E-state index contributed by atoms with van der Waals surface area (Å²) in [6.07, 6.45) is 0. The number of guanidine groups is 1. The zero-order valence-corrected chi connectivity index (χ0v) is 18.0. The minimum absolute atomic E-state index is 0. The second-order valence-corrected chi connectivity index (χ2v) is 6.86. The molecule has 0 aliphatic rings. The van der Waals surface area contributed by atoms with E-state index in [0.29, 0.717) is 19.0 Å². The number of nitrogens with zero attached hydrogens (tertiary/aromatic N) is 1. The van der Waals surface area contributed by atoms with Crippen molar-refractivity contribution in [3.05, 3.63) is 34.9 Å². The smallest absolute Gasteiger partial charge is 0.225 e. The maximum Gasteiger partial charge on any atom is 0.225 e. The largest absolute Gasteiger partial charge is 0.355 e. The lowest BCUT2D eigenvalue weighted by Gasteiger charge is -2.20. The molecule has 0 radical (unpaired) electrons. The highest BCUT2D eigenvalue weighted by Gasteiger charge is 2.20. The molecule has 7 heteroatoms. The average Bonchev–Trinajstić information content (AvgIpc) is 2.49. The number of carbonyl (C=O) groups excluding carboxylic acids is 1. The quantitative estimate of drug-likeness (QED) is 0.270. The fourth-order valence-electron chi connectivity index (χ4n) is 1.86. The summed E-state index contributed by atoms with van der Waals surface area (Å²) < 4.78 is 0. The van der Waals surface area contributed by atoms with E-state index in [0.717, 1.165) is 10.6 Å². The molecule has 0 aliphatic carbocycles. The normalized spacial score (nSPS) is 12.8. The van der Waals surface area contributed by atoms with Gasteiger partial charge in [-0.15, -0.1) is 24.0 Å². The third-order valence-corrected chi connectivity index (χ3v) is 3.58. The first-order valence-electron chi connectivity index (χ1n) is 7.75. The van der Waals surface area contributed by atoms with Crippen molar-refractivity contribution < 1.29 is 4.79 Å². The van der Waals surface area contributed by atoms with E-state index >= 15 is 0 Å². The minimum atomic E-state index is -0.372. The molecule has 0 saturated carbocycles. The van der Waals surface area contributed by atoms with Crippen LogP contribution in [0, 0.1) is 5.41 Å². The van der Waals surface area contributed by atoms with E-state index in [4.69, 9.17) is 11.6 Å². The van der Waals surface area contributed by atoms with Gasteiger partial charge < -0.3 is 16.0 Å². The summed E-state index contributed by atoms with van der Waals surface area (Å²) in [5.41, 5.74) is 0.752. The lowest BCUT2D eigenvalue weighted by molar-refractivity contribution is -0.128. The number of halogens is 2. The van der Waals surface area contributed by atoms with Crippen LogP contribution in [0.2, 0.25) is 5.02 Å². The predicted molar refractivity (Wildman–Crippen MR) is 112 cm³/mol. The summed E-state index contributed by atoms with van der Waals surface area (Å²) in [6.45, 7) is 8.89. The van der Waals surface area contributed by atoms with Crippen LogP contribution in [0.4, 0.5) is 0 Å². The molecule has 1 unspecified atom stereocenters. The van der Waals surface area contributed by atoms with Gasteiger partial charge in [-0.25, -0.2) is 0 Å². The molecule has 0 aliphatic heterocycles. The molecule has 24 heavy (non-hydrogen) atoms. The number of hydrogen-bond acceptors (Lipinski definition) is 2. The molecular weight excluding hydrogens is 439 g/mol. The predicted octanol–water partition coefficient (Wildman–Crippen LogP) is 3.35. The Kier molecular flexibility index (Phi) is 10.3. The average molecular weight is 467 g/mol. The second-order valence-electron chi connectivity index (χ2n) is 6.42. The maximum atomic E-state index is 11.8. The Bertz CT molecular complexity index is 541. The Balaban J connectivity index is 0.00000529. The molecule has 0 aromatic heterocycles. The zero-order chi connectivity index (χ0) is 17.5.